The van der Waals surface area contributed by atoms with Crippen LogP contribution in [0.15, 0.2) is 103 Å². The minimum absolute atomic E-state index is 0.0655. The Kier molecular flexibility index (Phi) is 4.32. The van der Waals surface area contributed by atoms with Crippen LogP contribution in [0.5, 0.6) is 23.0 Å². The molecule has 0 radical (unpaired) electrons. The van der Waals surface area contributed by atoms with Gasteiger partial charge in [-0.05, 0) is 65.6 Å². The van der Waals surface area contributed by atoms with Crippen LogP contribution in [0.4, 0.5) is 0 Å². The lowest BCUT2D eigenvalue weighted by Crippen LogP contribution is -2.57. The number of allylic oxidation sites excluding steroid dienone is 4. The van der Waals surface area contributed by atoms with Gasteiger partial charge >= 0.3 is 0 Å². The van der Waals surface area contributed by atoms with Crippen LogP contribution >= 0.6 is 0 Å². The molecule has 2 nitrogen and oxygen atoms in total. The maximum atomic E-state index is 6.64. The van der Waals surface area contributed by atoms with Gasteiger partial charge in [0, 0.05) is 11.0 Å². The second-order valence-corrected chi connectivity index (χ2v) is 9.28. The second kappa shape index (κ2) is 7.53. The van der Waals surface area contributed by atoms with Crippen LogP contribution in [0.3, 0.4) is 0 Å². The Bertz CT molecular complexity index is 1510. The van der Waals surface area contributed by atoms with E-state index in [1.807, 2.05) is 6.07 Å². The van der Waals surface area contributed by atoms with Crippen molar-refractivity contribution in [3.8, 4) is 34.1 Å². The monoisotopic (exact) mass is 438 g/mol. The molecule has 2 heterocycles. The fraction of sp³-hybridized carbons (Fsp3) is 0.0968. The largest absolute Gasteiger partial charge is 0.458 e. The van der Waals surface area contributed by atoms with Crippen molar-refractivity contribution in [1.82, 2.24) is 0 Å². The van der Waals surface area contributed by atoms with Gasteiger partial charge in [0.2, 0.25) is 0 Å². The summed E-state index contributed by atoms with van der Waals surface area (Å²) in [4.78, 5) is 0. The summed E-state index contributed by atoms with van der Waals surface area (Å²) in [5.74, 6) is 3.65. The Labute approximate surface area is 200 Å². The summed E-state index contributed by atoms with van der Waals surface area (Å²) < 4.78 is 13.0. The number of para-hydroxylation sites is 1. The summed E-state index contributed by atoms with van der Waals surface area (Å²) in [6.07, 6.45) is 6.73. The lowest BCUT2D eigenvalue weighted by Gasteiger charge is -2.34. The van der Waals surface area contributed by atoms with E-state index in [-0.39, 0.29) is 6.71 Å². The highest BCUT2D eigenvalue weighted by atomic mass is 16.5. The molecule has 4 aromatic rings. The van der Waals surface area contributed by atoms with E-state index in [1.165, 1.54) is 38.8 Å². The van der Waals surface area contributed by atoms with Gasteiger partial charge in [-0.3, -0.25) is 0 Å². The maximum absolute atomic E-state index is 6.64. The number of rotatable bonds is 2. The predicted octanol–water partition coefficient (Wildman–Crippen LogP) is 6.20. The summed E-state index contributed by atoms with van der Waals surface area (Å²) in [6, 6.07) is 29.8. The third-order valence-electron chi connectivity index (χ3n) is 7.25. The van der Waals surface area contributed by atoms with Crippen molar-refractivity contribution in [3.63, 3.8) is 0 Å². The average Bonchev–Trinajstić information content (AvgIpc) is 2.89. The molecule has 0 saturated carbocycles. The molecule has 0 aromatic heterocycles. The fourth-order valence-corrected chi connectivity index (χ4v) is 5.58. The summed E-state index contributed by atoms with van der Waals surface area (Å²) in [7, 11) is 0. The van der Waals surface area contributed by atoms with E-state index >= 15 is 0 Å². The van der Waals surface area contributed by atoms with Gasteiger partial charge < -0.3 is 9.47 Å². The van der Waals surface area contributed by atoms with Crippen molar-refractivity contribution in [1.29, 1.82) is 0 Å². The number of hydrogen-bond donors (Lipinski definition) is 0. The highest BCUT2D eigenvalue weighted by molar-refractivity contribution is 6.98. The van der Waals surface area contributed by atoms with Gasteiger partial charge in [0.05, 0.1) is 0 Å². The molecule has 0 N–H and O–H groups in total. The van der Waals surface area contributed by atoms with Crippen molar-refractivity contribution >= 4 is 28.7 Å². The van der Waals surface area contributed by atoms with E-state index in [1.54, 1.807) is 0 Å². The summed E-state index contributed by atoms with van der Waals surface area (Å²) in [6.45, 7) is 2.30. The minimum atomic E-state index is 0.0655. The van der Waals surface area contributed by atoms with Gasteiger partial charge in [-0.15, -0.1) is 0 Å². The first-order valence-electron chi connectivity index (χ1n) is 12.0. The van der Waals surface area contributed by atoms with Crippen molar-refractivity contribution in [2.45, 2.75) is 19.8 Å². The van der Waals surface area contributed by atoms with Crippen LogP contribution in [-0.2, 0) is 0 Å². The minimum Gasteiger partial charge on any atom is -0.458 e. The Morgan fingerprint density at radius 3 is 2.38 bits per heavy atom. The Morgan fingerprint density at radius 1 is 0.706 bits per heavy atom. The normalized spacial score (nSPS) is 15.1. The van der Waals surface area contributed by atoms with E-state index < -0.39 is 0 Å². The molecule has 0 amide bonds. The predicted molar refractivity (Wildman–Crippen MR) is 141 cm³/mol. The van der Waals surface area contributed by atoms with Gasteiger partial charge in [-0.2, -0.15) is 0 Å². The van der Waals surface area contributed by atoms with Crippen molar-refractivity contribution < 1.29 is 9.47 Å². The molecular formula is C31H23BO2. The molecule has 2 aliphatic heterocycles. The molecule has 0 unspecified atom stereocenters. The van der Waals surface area contributed by atoms with Gasteiger partial charge in [-0.1, -0.05) is 84.5 Å². The molecule has 0 spiro atoms. The van der Waals surface area contributed by atoms with Gasteiger partial charge in [0.1, 0.15) is 23.0 Å². The van der Waals surface area contributed by atoms with E-state index in [2.05, 4.69) is 97.9 Å². The van der Waals surface area contributed by atoms with E-state index in [4.69, 9.17) is 9.47 Å². The molecule has 1 aliphatic carbocycles. The molecule has 0 fully saturated rings. The van der Waals surface area contributed by atoms with Gasteiger partial charge in [0.15, 0.2) is 0 Å². The molecule has 0 saturated heterocycles. The number of hydrogen-bond acceptors (Lipinski definition) is 2. The number of benzene rings is 4. The summed E-state index contributed by atoms with van der Waals surface area (Å²) in [5, 5.41) is 0. The Balaban J connectivity index is 1.47. The van der Waals surface area contributed by atoms with E-state index in [0.717, 1.165) is 41.3 Å². The molecule has 7 rings (SSSR count). The zero-order valence-corrected chi connectivity index (χ0v) is 19.0. The molecule has 3 aliphatic rings. The lowest BCUT2D eigenvalue weighted by atomic mass is 9.34. The SMILES string of the molecule is CC1=C(c2cccc3c2Oc2cccc4c2B3c2cc(-c3ccccc3)ccc2O4)C=CCC1. The maximum Gasteiger partial charge on any atom is 0.260 e. The van der Waals surface area contributed by atoms with Crippen molar-refractivity contribution in [3.05, 3.63) is 108 Å². The highest BCUT2D eigenvalue weighted by Crippen LogP contribution is 2.40. The summed E-state index contributed by atoms with van der Waals surface area (Å²) >= 11 is 0. The van der Waals surface area contributed by atoms with Crippen LogP contribution < -0.4 is 25.9 Å². The van der Waals surface area contributed by atoms with Crippen molar-refractivity contribution in [2.24, 2.45) is 0 Å². The van der Waals surface area contributed by atoms with E-state index in [0.29, 0.717) is 0 Å². The van der Waals surface area contributed by atoms with Crippen LogP contribution in [0.25, 0.3) is 16.7 Å². The Hall–Kier alpha value is -3.98. The smallest absolute Gasteiger partial charge is 0.260 e. The van der Waals surface area contributed by atoms with Crippen molar-refractivity contribution in [2.75, 3.05) is 0 Å². The fourth-order valence-electron chi connectivity index (χ4n) is 5.58. The third kappa shape index (κ3) is 2.90. The molecule has 162 valence electrons. The number of fused-ring (bicyclic) bond motifs is 4. The lowest BCUT2D eigenvalue weighted by molar-refractivity contribution is 0.464. The molecule has 34 heavy (non-hydrogen) atoms. The third-order valence-corrected chi connectivity index (χ3v) is 7.25. The van der Waals surface area contributed by atoms with Gasteiger partial charge in [-0.25, -0.2) is 0 Å². The molecule has 0 atom stereocenters. The van der Waals surface area contributed by atoms with Gasteiger partial charge in [0.25, 0.3) is 6.71 Å². The first-order chi connectivity index (χ1) is 16.8. The molecule has 3 heteroatoms. The quantitative estimate of drug-likeness (QED) is 0.300. The first-order valence-corrected chi connectivity index (χ1v) is 12.0. The van der Waals surface area contributed by atoms with Crippen LogP contribution in [0.2, 0.25) is 0 Å². The van der Waals surface area contributed by atoms with Crippen LogP contribution in [0.1, 0.15) is 25.3 Å². The second-order valence-electron chi connectivity index (χ2n) is 9.28. The highest BCUT2D eigenvalue weighted by Gasteiger charge is 2.41. The van der Waals surface area contributed by atoms with E-state index in [9.17, 15) is 0 Å². The average molecular weight is 438 g/mol. The summed E-state index contributed by atoms with van der Waals surface area (Å²) in [5.41, 5.74) is 9.79. The standard InChI is InChI=1S/C31H23BO2/c1-20-9-5-6-12-23(20)24-13-7-14-25-31(24)34-29-16-8-15-28-30(29)32(25)26-19-22(17-18-27(26)33-28)21-10-3-2-4-11-21/h2-4,6-8,10-19H,5,9H2,1H3. The molecular weight excluding hydrogens is 415 g/mol. The van der Waals surface area contributed by atoms with Crippen LogP contribution in [0, 0.1) is 0 Å². The zero-order valence-electron chi connectivity index (χ0n) is 19.0. The molecule has 0 bridgehead atoms. The number of ether oxygens (including phenoxy) is 2. The van der Waals surface area contributed by atoms with Crippen LogP contribution in [-0.4, -0.2) is 6.71 Å². The Morgan fingerprint density at radius 2 is 1.53 bits per heavy atom. The molecule has 4 aromatic carbocycles. The first kappa shape index (κ1) is 19.5. The topological polar surface area (TPSA) is 18.5 Å². The zero-order chi connectivity index (χ0) is 22.6.